The lowest BCUT2D eigenvalue weighted by Gasteiger charge is -2.31. The Balaban J connectivity index is 1.52. The van der Waals surface area contributed by atoms with Crippen LogP contribution in [0.2, 0.25) is 0 Å². The van der Waals surface area contributed by atoms with E-state index in [1.807, 2.05) is 36.2 Å². The van der Waals surface area contributed by atoms with Gasteiger partial charge in [0.05, 0.1) is 19.2 Å². The molecule has 7 nitrogen and oxygen atoms in total. The summed E-state index contributed by atoms with van der Waals surface area (Å²) in [5.41, 5.74) is 0.960. The lowest BCUT2D eigenvalue weighted by atomic mass is 10.1. The van der Waals surface area contributed by atoms with Crippen LogP contribution in [-0.4, -0.2) is 65.9 Å². The summed E-state index contributed by atoms with van der Waals surface area (Å²) in [7, 11) is 3.59. The Morgan fingerprint density at radius 2 is 1.69 bits per heavy atom. The number of nitrogens with zero attached hydrogens (tertiary/aromatic N) is 4. The molecule has 0 saturated carbocycles. The van der Waals surface area contributed by atoms with Gasteiger partial charge < -0.3 is 19.0 Å². The number of alkyl halides is 3. The third kappa shape index (κ3) is 6.64. The van der Waals surface area contributed by atoms with Gasteiger partial charge in [0.2, 0.25) is 5.89 Å². The SMILES string of the molecule is COc1cccc(CN(Cc2cccc(C(F)(F)F)c2)Cc2nc(C(=O)N3CCN(C)CC3)co2)c1. The molecule has 0 spiro atoms. The fourth-order valence-corrected chi connectivity index (χ4v) is 4.15. The van der Waals surface area contributed by atoms with Crippen LogP contribution in [0.15, 0.2) is 59.2 Å². The molecule has 1 fully saturated rings. The van der Waals surface area contributed by atoms with Crippen molar-refractivity contribution in [2.75, 3.05) is 40.3 Å². The van der Waals surface area contributed by atoms with Gasteiger partial charge in [-0.2, -0.15) is 13.2 Å². The van der Waals surface area contributed by atoms with Gasteiger partial charge in [-0.3, -0.25) is 9.69 Å². The number of methoxy groups -OCH3 is 1. The van der Waals surface area contributed by atoms with Gasteiger partial charge in [0.1, 0.15) is 12.0 Å². The molecular weight excluding hydrogens is 473 g/mol. The quantitative estimate of drug-likeness (QED) is 0.458. The molecule has 192 valence electrons. The maximum Gasteiger partial charge on any atom is 0.416 e. The van der Waals surface area contributed by atoms with Crippen molar-refractivity contribution in [2.45, 2.75) is 25.8 Å². The van der Waals surface area contributed by atoms with E-state index in [0.29, 0.717) is 36.8 Å². The number of piperazine rings is 1. The maximum absolute atomic E-state index is 13.2. The minimum absolute atomic E-state index is 0.185. The zero-order valence-electron chi connectivity index (χ0n) is 20.3. The number of carbonyl (C=O) groups is 1. The topological polar surface area (TPSA) is 62.1 Å². The van der Waals surface area contributed by atoms with Crippen LogP contribution in [0.3, 0.4) is 0 Å². The number of benzene rings is 2. The number of hydrogen-bond acceptors (Lipinski definition) is 6. The zero-order chi connectivity index (χ0) is 25.7. The minimum atomic E-state index is -4.42. The van der Waals surface area contributed by atoms with Crippen molar-refractivity contribution in [3.63, 3.8) is 0 Å². The molecule has 1 saturated heterocycles. The minimum Gasteiger partial charge on any atom is -0.497 e. The number of amides is 1. The Morgan fingerprint density at radius 3 is 2.36 bits per heavy atom. The van der Waals surface area contributed by atoms with Crippen LogP contribution in [-0.2, 0) is 25.8 Å². The Hall–Kier alpha value is -3.37. The van der Waals surface area contributed by atoms with Gasteiger partial charge in [0, 0.05) is 39.3 Å². The van der Waals surface area contributed by atoms with Crippen LogP contribution in [0.4, 0.5) is 13.2 Å². The average molecular weight is 503 g/mol. The van der Waals surface area contributed by atoms with E-state index in [-0.39, 0.29) is 24.7 Å². The molecule has 0 atom stereocenters. The third-order valence-corrected chi connectivity index (χ3v) is 6.12. The first-order valence-corrected chi connectivity index (χ1v) is 11.6. The van der Waals surface area contributed by atoms with Gasteiger partial charge in [0.25, 0.3) is 5.91 Å². The predicted molar refractivity (Wildman–Crippen MR) is 127 cm³/mol. The fourth-order valence-electron chi connectivity index (χ4n) is 4.15. The van der Waals surface area contributed by atoms with Crippen LogP contribution in [0.1, 0.15) is 33.1 Å². The summed E-state index contributed by atoms with van der Waals surface area (Å²) in [5, 5.41) is 0. The Bertz CT molecular complexity index is 1170. The molecule has 2 heterocycles. The van der Waals surface area contributed by atoms with Crippen LogP contribution in [0, 0.1) is 0 Å². The summed E-state index contributed by atoms with van der Waals surface area (Å²) in [6.07, 6.45) is -3.07. The Labute approximate surface area is 208 Å². The number of carbonyl (C=O) groups excluding carboxylic acids is 1. The summed E-state index contributed by atoms with van der Waals surface area (Å²) in [6.45, 7) is 3.68. The molecule has 0 aliphatic carbocycles. The first kappa shape index (κ1) is 25.7. The lowest BCUT2D eigenvalue weighted by Crippen LogP contribution is -2.47. The van der Waals surface area contributed by atoms with Crippen molar-refractivity contribution >= 4 is 5.91 Å². The average Bonchev–Trinajstić information content (AvgIpc) is 3.32. The molecule has 10 heteroatoms. The van der Waals surface area contributed by atoms with E-state index in [1.54, 1.807) is 18.1 Å². The number of aromatic nitrogens is 1. The van der Waals surface area contributed by atoms with Crippen molar-refractivity contribution in [1.82, 2.24) is 19.7 Å². The smallest absolute Gasteiger partial charge is 0.416 e. The van der Waals surface area contributed by atoms with E-state index < -0.39 is 11.7 Å². The van der Waals surface area contributed by atoms with Crippen molar-refractivity contribution in [2.24, 2.45) is 0 Å². The van der Waals surface area contributed by atoms with Crippen LogP contribution in [0.5, 0.6) is 5.75 Å². The highest BCUT2D eigenvalue weighted by molar-refractivity contribution is 5.92. The van der Waals surface area contributed by atoms with E-state index in [4.69, 9.17) is 9.15 Å². The number of halogens is 3. The molecule has 1 aromatic heterocycles. The first-order valence-electron chi connectivity index (χ1n) is 11.6. The Morgan fingerprint density at radius 1 is 1.03 bits per heavy atom. The molecule has 4 rings (SSSR count). The molecule has 1 amide bonds. The number of likely N-dealkylation sites (N-methyl/N-ethyl adjacent to an activating group) is 1. The first-order chi connectivity index (χ1) is 17.2. The number of oxazole rings is 1. The van der Waals surface area contributed by atoms with Gasteiger partial charge in [-0.25, -0.2) is 4.98 Å². The second kappa shape index (κ2) is 11.1. The highest BCUT2D eigenvalue weighted by Crippen LogP contribution is 2.30. The molecule has 0 unspecified atom stereocenters. The van der Waals surface area contributed by atoms with Crippen molar-refractivity contribution < 1.29 is 27.1 Å². The molecule has 0 N–H and O–H groups in total. The van der Waals surface area contributed by atoms with E-state index in [1.165, 1.54) is 12.3 Å². The summed E-state index contributed by atoms with van der Waals surface area (Å²) in [6, 6.07) is 12.7. The highest BCUT2D eigenvalue weighted by atomic mass is 19.4. The lowest BCUT2D eigenvalue weighted by molar-refractivity contribution is -0.137. The normalized spacial score (nSPS) is 14.9. The molecule has 1 aliphatic rings. The summed E-state index contributed by atoms with van der Waals surface area (Å²) < 4.78 is 50.6. The standard InChI is InChI=1S/C26H29F3N4O3/c1-31-9-11-33(12-10-31)25(34)23-18-36-24(30-23)17-32(16-20-6-4-8-22(14-20)35-2)15-19-5-3-7-21(13-19)26(27,28)29/h3-8,13-14,18H,9-12,15-17H2,1-2H3. The van der Waals surface area contributed by atoms with Gasteiger partial charge >= 0.3 is 6.18 Å². The van der Waals surface area contributed by atoms with Gasteiger partial charge in [-0.1, -0.05) is 30.3 Å². The zero-order valence-corrected chi connectivity index (χ0v) is 20.3. The van der Waals surface area contributed by atoms with Gasteiger partial charge in [-0.05, 0) is 36.4 Å². The van der Waals surface area contributed by atoms with Gasteiger partial charge in [-0.15, -0.1) is 0 Å². The molecule has 1 aliphatic heterocycles. The summed E-state index contributed by atoms with van der Waals surface area (Å²) in [5.74, 6) is 0.820. The number of ether oxygens (including phenoxy) is 1. The maximum atomic E-state index is 13.2. The molecule has 3 aromatic rings. The van der Waals surface area contributed by atoms with Crippen molar-refractivity contribution in [3.8, 4) is 5.75 Å². The number of hydrogen-bond donors (Lipinski definition) is 0. The van der Waals surface area contributed by atoms with Crippen LogP contribution >= 0.6 is 0 Å². The molecule has 36 heavy (non-hydrogen) atoms. The third-order valence-electron chi connectivity index (χ3n) is 6.12. The van der Waals surface area contributed by atoms with Crippen molar-refractivity contribution in [3.05, 3.63) is 83.1 Å². The summed E-state index contributed by atoms with van der Waals surface area (Å²) in [4.78, 5) is 23.1. The van der Waals surface area contributed by atoms with Crippen LogP contribution < -0.4 is 4.74 Å². The van der Waals surface area contributed by atoms with E-state index >= 15 is 0 Å². The van der Waals surface area contributed by atoms with Gasteiger partial charge in [0.15, 0.2) is 5.69 Å². The largest absolute Gasteiger partial charge is 0.497 e. The highest BCUT2D eigenvalue weighted by Gasteiger charge is 2.30. The number of rotatable bonds is 8. The predicted octanol–water partition coefficient (Wildman–Crippen LogP) is 4.29. The molecular formula is C26H29F3N4O3. The second-order valence-corrected chi connectivity index (χ2v) is 8.92. The fraction of sp³-hybridized carbons (Fsp3) is 0.385. The summed E-state index contributed by atoms with van der Waals surface area (Å²) >= 11 is 0. The van der Waals surface area contributed by atoms with E-state index in [2.05, 4.69) is 9.88 Å². The van der Waals surface area contributed by atoms with E-state index in [9.17, 15) is 18.0 Å². The van der Waals surface area contributed by atoms with Crippen molar-refractivity contribution in [1.29, 1.82) is 0 Å². The Kier molecular flexibility index (Phi) is 7.95. The second-order valence-electron chi connectivity index (χ2n) is 8.92. The molecule has 0 radical (unpaired) electrons. The monoisotopic (exact) mass is 502 g/mol. The van der Waals surface area contributed by atoms with E-state index in [0.717, 1.165) is 30.8 Å². The molecule has 2 aromatic carbocycles. The van der Waals surface area contributed by atoms with Crippen LogP contribution in [0.25, 0.3) is 0 Å². The molecule has 0 bridgehead atoms.